The summed E-state index contributed by atoms with van der Waals surface area (Å²) in [7, 11) is 0. The van der Waals surface area contributed by atoms with Gasteiger partial charge in [-0.1, -0.05) is 11.6 Å². The van der Waals surface area contributed by atoms with Gasteiger partial charge in [0, 0.05) is 29.4 Å². The largest absolute Gasteiger partial charge is 0.371 e. The quantitative estimate of drug-likeness (QED) is 0.718. The number of hydrogen-bond acceptors (Lipinski definition) is 2. The van der Waals surface area contributed by atoms with Crippen molar-refractivity contribution >= 4 is 23.6 Å². The number of piperidine rings is 1. The Hall–Kier alpha value is -1.02. The van der Waals surface area contributed by atoms with Gasteiger partial charge in [0.15, 0.2) is 6.29 Å². The Morgan fingerprint density at radius 3 is 2.60 bits per heavy atom. The van der Waals surface area contributed by atoms with Crippen molar-refractivity contribution in [2.75, 3.05) is 18.0 Å². The van der Waals surface area contributed by atoms with Gasteiger partial charge in [0.1, 0.15) is 0 Å². The Balaban J connectivity index is 2.29. The van der Waals surface area contributed by atoms with Gasteiger partial charge >= 0.3 is 0 Å². The molecule has 0 bridgehead atoms. The number of nitrogens with zero attached hydrogens (tertiary/aromatic N) is 1. The Bertz CT molecular complexity index is 359. The fraction of sp³-hybridized carbons (Fsp3) is 0.417. The second-order valence-corrected chi connectivity index (χ2v) is 4.31. The van der Waals surface area contributed by atoms with E-state index in [9.17, 15) is 4.79 Å². The summed E-state index contributed by atoms with van der Waals surface area (Å²) >= 11 is 5.86. The second kappa shape index (κ2) is 4.67. The van der Waals surface area contributed by atoms with Crippen LogP contribution in [0.2, 0.25) is 5.02 Å². The average molecular weight is 224 g/mol. The zero-order valence-electron chi connectivity index (χ0n) is 8.58. The molecule has 0 unspecified atom stereocenters. The minimum atomic E-state index is 0.623. The highest BCUT2D eigenvalue weighted by molar-refractivity contribution is 6.31. The third kappa shape index (κ3) is 2.32. The number of carbonyl (C=O) groups is 1. The van der Waals surface area contributed by atoms with Crippen LogP contribution in [0.5, 0.6) is 0 Å². The second-order valence-electron chi connectivity index (χ2n) is 3.87. The number of rotatable bonds is 2. The first kappa shape index (κ1) is 10.5. The summed E-state index contributed by atoms with van der Waals surface area (Å²) in [6.07, 6.45) is 4.60. The first-order chi connectivity index (χ1) is 7.31. The highest BCUT2D eigenvalue weighted by atomic mass is 35.5. The van der Waals surface area contributed by atoms with E-state index < -0.39 is 0 Å². The SMILES string of the molecule is O=Cc1cc(Cl)ccc1N1CCCCC1. The van der Waals surface area contributed by atoms with Crippen LogP contribution in [-0.2, 0) is 0 Å². The molecule has 1 aromatic rings. The molecular formula is C12H14ClNO. The van der Waals surface area contributed by atoms with Crippen LogP contribution in [0.1, 0.15) is 29.6 Å². The molecule has 1 aromatic carbocycles. The Morgan fingerprint density at radius 1 is 1.20 bits per heavy atom. The molecule has 2 rings (SSSR count). The molecule has 80 valence electrons. The van der Waals surface area contributed by atoms with Crippen molar-refractivity contribution < 1.29 is 4.79 Å². The monoisotopic (exact) mass is 223 g/mol. The lowest BCUT2D eigenvalue weighted by atomic mass is 10.1. The van der Waals surface area contributed by atoms with Crippen LogP contribution in [0.3, 0.4) is 0 Å². The minimum absolute atomic E-state index is 0.623. The van der Waals surface area contributed by atoms with Crippen molar-refractivity contribution in [3.8, 4) is 0 Å². The normalized spacial score (nSPS) is 16.5. The first-order valence-electron chi connectivity index (χ1n) is 5.31. The van der Waals surface area contributed by atoms with E-state index in [2.05, 4.69) is 4.90 Å². The zero-order chi connectivity index (χ0) is 10.7. The molecule has 1 aliphatic heterocycles. The van der Waals surface area contributed by atoms with Gasteiger partial charge in [0.2, 0.25) is 0 Å². The number of carbonyl (C=O) groups excluding carboxylic acids is 1. The molecule has 1 saturated heterocycles. The predicted octanol–water partition coefficient (Wildman–Crippen LogP) is 3.14. The summed E-state index contributed by atoms with van der Waals surface area (Å²) in [4.78, 5) is 13.2. The topological polar surface area (TPSA) is 20.3 Å². The van der Waals surface area contributed by atoms with Crippen molar-refractivity contribution in [3.05, 3.63) is 28.8 Å². The molecule has 0 aromatic heterocycles. The van der Waals surface area contributed by atoms with Crippen LogP contribution in [0, 0.1) is 0 Å². The zero-order valence-corrected chi connectivity index (χ0v) is 9.33. The lowest BCUT2D eigenvalue weighted by molar-refractivity contribution is 0.112. The molecule has 0 spiro atoms. The Labute approximate surface area is 94.8 Å². The molecule has 0 N–H and O–H groups in total. The van der Waals surface area contributed by atoms with E-state index in [0.29, 0.717) is 10.6 Å². The predicted molar refractivity (Wildman–Crippen MR) is 62.9 cm³/mol. The Morgan fingerprint density at radius 2 is 1.93 bits per heavy atom. The fourth-order valence-corrected chi connectivity index (χ4v) is 2.22. The van der Waals surface area contributed by atoms with E-state index in [4.69, 9.17) is 11.6 Å². The standard InChI is InChI=1S/C12H14ClNO/c13-11-4-5-12(10(8-11)9-15)14-6-2-1-3-7-14/h4-5,8-9H,1-3,6-7H2. The lowest BCUT2D eigenvalue weighted by Crippen LogP contribution is -2.30. The van der Waals surface area contributed by atoms with Gasteiger partial charge in [0.25, 0.3) is 0 Å². The molecule has 0 atom stereocenters. The van der Waals surface area contributed by atoms with Gasteiger partial charge in [-0.15, -0.1) is 0 Å². The van der Waals surface area contributed by atoms with E-state index in [1.807, 2.05) is 12.1 Å². The van der Waals surface area contributed by atoms with Crippen molar-refractivity contribution in [3.63, 3.8) is 0 Å². The summed E-state index contributed by atoms with van der Waals surface area (Å²) in [5, 5.41) is 0.623. The van der Waals surface area contributed by atoms with Crippen LogP contribution in [0.15, 0.2) is 18.2 Å². The van der Waals surface area contributed by atoms with Gasteiger partial charge in [-0.3, -0.25) is 4.79 Å². The van der Waals surface area contributed by atoms with Crippen molar-refractivity contribution in [2.24, 2.45) is 0 Å². The summed E-state index contributed by atoms with van der Waals surface area (Å²) < 4.78 is 0. The van der Waals surface area contributed by atoms with E-state index in [-0.39, 0.29) is 0 Å². The van der Waals surface area contributed by atoms with Crippen LogP contribution >= 0.6 is 11.6 Å². The van der Waals surface area contributed by atoms with Crippen molar-refractivity contribution in [1.82, 2.24) is 0 Å². The van der Waals surface area contributed by atoms with E-state index in [0.717, 1.165) is 25.1 Å². The van der Waals surface area contributed by atoms with E-state index in [1.165, 1.54) is 19.3 Å². The van der Waals surface area contributed by atoms with Crippen LogP contribution in [-0.4, -0.2) is 19.4 Å². The summed E-state index contributed by atoms with van der Waals surface area (Å²) in [6.45, 7) is 2.09. The minimum Gasteiger partial charge on any atom is -0.371 e. The molecule has 3 heteroatoms. The van der Waals surface area contributed by atoms with Crippen LogP contribution in [0.25, 0.3) is 0 Å². The molecule has 15 heavy (non-hydrogen) atoms. The maximum Gasteiger partial charge on any atom is 0.152 e. The highest BCUT2D eigenvalue weighted by Crippen LogP contribution is 2.25. The smallest absolute Gasteiger partial charge is 0.152 e. The van der Waals surface area contributed by atoms with Gasteiger partial charge in [-0.2, -0.15) is 0 Å². The van der Waals surface area contributed by atoms with Gasteiger partial charge < -0.3 is 4.90 Å². The van der Waals surface area contributed by atoms with Gasteiger partial charge in [-0.25, -0.2) is 0 Å². The van der Waals surface area contributed by atoms with Gasteiger partial charge in [-0.05, 0) is 37.5 Å². The lowest BCUT2D eigenvalue weighted by Gasteiger charge is -2.29. The summed E-state index contributed by atoms with van der Waals surface area (Å²) in [5.41, 5.74) is 1.72. The molecule has 0 saturated carbocycles. The van der Waals surface area contributed by atoms with Crippen molar-refractivity contribution in [2.45, 2.75) is 19.3 Å². The highest BCUT2D eigenvalue weighted by Gasteiger charge is 2.14. The third-order valence-corrected chi connectivity index (χ3v) is 3.05. The molecule has 0 radical (unpaired) electrons. The van der Waals surface area contributed by atoms with Crippen LogP contribution in [0.4, 0.5) is 5.69 Å². The van der Waals surface area contributed by atoms with Gasteiger partial charge in [0.05, 0.1) is 0 Å². The number of aldehydes is 1. The maximum absolute atomic E-state index is 10.9. The molecule has 0 aliphatic carbocycles. The molecule has 1 aliphatic rings. The molecule has 2 nitrogen and oxygen atoms in total. The Kier molecular flexibility index (Phi) is 3.27. The molecular weight excluding hydrogens is 210 g/mol. The number of anilines is 1. The van der Waals surface area contributed by atoms with Crippen LogP contribution < -0.4 is 4.90 Å². The number of benzene rings is 1. The maximum atomic E-state index is 10.9. The molecule has 0 amide bonds. The first-order valence-corrected chi connectivity index (χ1v) is 5.69. The third-order valence-electron chi connectivity index (χ3n) is 2.81. The van der Waals surface area contributed by atoms with Crippen molar-refractivity contribution in [1.29, 1.82) is 0 Å². The number of hydrogen-bond donors (Lipinski definition) is 0. The fourth-order valence-electron chi connectivity index (χ4n) is 2.04. The number of halogens is 1. The summed E-state index contributed by atoms with van der Waals surface area (Å²) in [5.74, 6) is 0. The molecule has 1 heterocycles. The molecule has 1 fully saturated rings. The van der Waals surface area contributed by atoms with E-state index in [1.54, 1.807) is 6.07 Å². The summed E-state index contributed by atoms with van der Waals surface area (Å²) in [6, 6.07) is 5.52. The average Bonchev–Trinajstić information content (AvgIpc) is 2.30. The van der Waals surface area contributed by atoms with E-state index >= 15 is 0 Å².